The second kappa shape index (κ2) is 9.37. The molecule has 2 aromatic carbocycles. The minimum absolute atomic E-state index is 0.0314. The van der Waals surface area contributed by atoms with Crippen molar-refractivity contribution in [3.63, 3.8) is 0 Å². The molecule has 0 heterocycles. The highest BCUT2D eigenvalue weighted by atomic mass is 35.5. The van der Waals surface area contributed by atoms with Crippen LogP contribution in [0.4, 0.5) is 5.69 Å². The first kappa shape index (κ1) is 19.9. The van der Waals surface area contributed by atoms with Gasteiger partial charge in [0.05, 0.1) is 10.6 Å². The molecule has 2 aromatic rings. The summed E-state index contributed by atoms with van der Waals surface area (Å²) < 4.78 is 0. The lowest BCUT2D eigenvalue weighted by atomic mass is 9.88. The standard InChI is InChI=1S/C21H22ClN3O3/c22-18-9-5-4-8-17(18)21(28)25-24-20(27)15-10-12-16(13-11-15)23-19(26)14-6-2-1-3-7-14/h4-5,8-14H,1-3,6-7H2,(H,23,26)(H,24,27)(H,25,28). The van der Waals surface area contributed by atoms with Gasteiger partial charge >= 0.3 is 0 Å². The maximum Gasteiger partial charge on any atom is 0.271 e. The van der Waals surface area contributed by atoms with Crippen molar-refractivity contribution >= 4 is 35.0 Å². The topological polar surface area (TPSA) is 87.3 Å². The molecule has 3 amide bonds. The minimum atomic E-state index is -0.504. The van der Waals surface area contributed by atoms with Crippen LogP contribution < -0.4 is 16.2 Å². The summed E-state index contributed by atoms with van der Waals surface area (Å²) >= 11 is 5.96. The zero-order valence-electron chi connectivity index (χ0n) is 15.3. The molecule has 0 aliphatic heterocycles. The second-order valence-electron chi connectivity index (χ2n) is 6.79. The molecule has 6 nitrogen and oxygen atoms in total. The van der Waals surface area contributed by atoms with Crippen molar-refractivity contribution in [3.05, 3.63) is 64.7 Å². The van der Waals surface area contributed by atoms with E-state index in [4.69, 9.17) is 11.6 Å². The number of carbonyl (C=O) groups is 3. The summed E-state index contributed by atoms with van der Waals surface area (Å²) in [6, 6.07) is 13.1. The van der Waals surface area contributed by atoms with E-state index in [2.05, 4.69) is 16.2 Å². The number of amides is 3. The first-order valence-electron chi connectivity index (χ1n) is 9.31. The SMILES string of the molecule is O=C(NNC(=O)c1ccccc1Cl)c1ccc(NC(=O)C2CCCCC2)cc1. The predicted octanol–water partition coefficient (Wildman–Crippen LogP) is 3.93. The van der Waals surface area contributed by atoms with E-state index >= 15 is 0 Å². The number of benzene rings is 2. The van der Waals surface area contributed by atoms with Gasteiger partial charge in [0.15, 0.2) is 0 Å². The first-order chi connectivity index (χ1) is 13.5. The van der Waals surface area contributed by atoms with E-state index in [-0.39, 0.29) is 17.4 Å². The Labute approximate surface area is 168 Å². The third-order valence-corrected chi connectivity index (χ3v) is 5.13. The minimum Gasteiger partial charge on any atom is -0.326 e. The zero-order valence-corrected chi connectivity index (χ0v) is 16.1. The fourth-order valence-electron chi connectivity index (χ4n) is 3.21. The molecule has 3 rings (SSSR count). The quantitative estimate of drug-likeness (QED) is 0.680. The Morgan fingerprint density at radius 2 is 1.46 bits per heavy atom. The zero-order chi connectivity index (χ0) is 19.9. The molecular formula is C21H22ClN3O3. The molecular weight excluding hydrogens is 378 g/mol. The van der Waals surface area contributed by atoms with Crippen molar-refractivity contribution in [2.45, 2.75) is 32.1 Å². The number of hydrogen-bond acceptors (Lipinski definition) is 3. The predicted molar refractivity (Wildman–Crippen MR) is 108 cm³/mol. The fraction of sp³-hybridized carbons (Fsp3) is 0.286. The van der Waals surface area contributed by atoms with E-state index in [0.717, 1.165) is 25.7 Å². The third kappa shape index (κ3) is 5.10. The van der Waals surface area contributed by atoms with Crippen LogP contribution >= 0.6 is 11.6 Å². The van der Waals surface area contributed by atoms with Gasteiger partial charge in [-0.3, -0.25) is 25.2 Å². The molecule has 1 fully saturated rings. The molecule has 3 N–H and O–H groups in total. The molecule has 0 spiro atoms. The monoisotopic (exact) mass is 399 g/mol. The third-order valence-electron chi connectivity index (χ3n) is 4.80. The Hall–Kier alpha value is -2.86. The number of halogens is 1. The molecule has 7 heteroatoms. The van der Waals surface area contributed by atoms with E-state index in [1.54, 1.807) is 48.5 Å². The molecule has 0 radical (unpaired) electrons. The van der Waals surface area contributed by atoms with Crippen molar-refractivity contribution < 1.29 is 14.4 Å². The van der Waals surface area contributed by atoms with Crippen LogP contribution in [0.25, 0.3) is 0 Å². The van der Waals surface area contributed by atoms with Crippen molar-refractivity contribution in [2.75, 3.05) is 5.32 Å². The van der Waals surface area contributed by atoms with E-state index in [9.17, 15) is 14.4 Å². The summed E-state index contributed by atoms with van der Waals surface area (Å²) in [4.78, 5) is 36.5. The van der Waals surface area contributed by atoms with Crippen LogP contribution in [0, 0.1) is 5.92 Å². The maximum absolute atomic E-state index is 12.3. The molecule has 0 bridgehead atoms. The highest BCUT2D eigenvalue weighted by Crippen LogP contribution is 2.25. The average molecular weight is 400 g/mol. The summed E-state index contributed by atoms with van der Waals surface area (Å²) in [5.74, 6) is -0.874. The number of rotatable bonds is 4. The van der Waals surface area contributed by atoms with Gasteiger partial charge in [0.1, 0.15) is 0 Å². The summed E-state index contributed by atoms with van der Waals surface area (Å²) in [5.41, 5.74) is 5.96. The number of hydrogen-bond donors (Lipinski definition) is 3. The van der Waals surface area contributed by atoms with Gasteiger partial charge in [-0.2, -0.15) is 0 Å². The molecule has 1 aliphatic rings. The van der Waals surface area contributed by atoms with Crippen molar-refractivity contribution in [2.24, 2.45) is 5.92 Å². The number of hydrazine groups is 1. The molecule has 0 saturated heterocycles. The summed E-state index contributed by atoms with van der Waals surface area (Å²) in [6.07, 6.45) is 5.24. The van der Waals surface area contributed by atoms with Crippen LogP contribution in [0.1, 0.15) is 52.8 Å². The van der Waals surface area contributed by atoms with Gasteiger partial charge in [-0.1, -0.05) is 43.0 Å². The first-order valence-corrected chi connectivity index (χ1v) is 9.68. The van der Waals surface area contributed by atoms with Crippen molar-refractivity contribution in [1.82, 2.24) is 10.9 Å². The van der Waals surface area contributed by atoms with Gasteiger partial charge in [0, 0.05) is 17.2 Å². The summed E-state index contributed by atoms with van der Waals surface area (Å²) in [6.45, 7) is 0. The van der Waals surface area contributed by atoms with E-state index < -0.39 is 11.8 Å². The van der Waals surface area contributed by atoms with Crippen LogP contribution in [0.2, 0.25) is 5.02 Å². The molecule has 28 heavy (non-hydrogen) atoms. The number of anilines is 1. The van der Waals surface area contributed by atoms with Crippen LogP contribution in [-0.2, 0) is 4.79 Å². The lowest BCUT2D eigenvalue weighted by Gasteiger charge is -2.20. The summed E-state index contributed by atoms with van der Waals surface area (Å²) in [7, 11) is 0. The van der Waals surface area contributed by atoms with Crippen molar-refractivity contribution in [3.8, 4) is 0 Å². The average Bonchev–Trinajstić information content (AvgIpc) is 2.73. The van der Waals surface area contributed by atoms with E-state index in [1.807, 2.05) is 0 Å². The van der Waals surface area contributed by atoms with Gasteiger partial charge in [0.2, 0.25) is 5.91 Å². The Morgan fingerprint density at radius 3 is 2.14 bits per heavy atom. The Balaban J connectivity index is 1.52. The highest BCUT2D eigenvalue weighted by molar-refractivity contribution is 6.33. The van der Waals surface area contributed by atoms with Crippen molar-refractivity contribution in [1.29, 1.82) is 0 Å². The second-order valence-corrected chi connectivity index (χ2v) is 7.20. The van der Waals surface area contributed by atoms with E-state index in [0.29, 0.717) is 16.3 Å². The molecule has 1 saturated carbocycles. The van der Waals surface area contributed by atoms with Gasteiger partial charge in [-0.05, 0) is 49.2 Å². The molecule has 0 atom stereocenters. The normalized spacial score (nSPS) is 14.2. The van der Waals surface area contributed by atoms with Gasteiger partial charge in [-0.25, -0.2) is 0 Å². The lowest BCUT2D eigenvalue weighted by molar-refractivity contribution is -0.120. The number of carbonyl (C=O) groups excluding carboxylic acids is 3. The smallest absolute Gasteiger partial charge is 0.271 e. The van der Waals surface area contributed by atoms with E-state index in [1.165, 1.54) is 6.42 Å². The molecule has 0 aromatic heterocycles. The summed E-state index contributed by atoms with van der Waals surface area (Å²) in [5, 5.41) is 3.20. The number of nitrogens with one attached hydrogen (secondary N) is 3. The van der Waals surface area contributed by atoms with Crippen LogP contribution in [0.15, 0.2) is 48.5 Å². The Bertz CT molecular complexity index is 861. The Morgan fingerprint density at radius 1 is 0.821 bits per heavy atom. The van der Waals surface area contributed by atoms with Gasteiger partial charge in [0.25, 0.3) is 11.8 Å². The van der Waals surface area contributed by atoms with Crippen LogP contribution in [-0.4, -0.2) is 17.7 Å². The van der Waals surface area contributed by atoms with Gasteiger partial charge < -0.3 is 5.32 Å². The molecule has 146 valence electrons. The highest BCUT2D eigenvalue weighted by Gasteiger charge is 2.21. The largest absolute Gasteiger partial charge is 0.326 e. The maximum atomic E-state index is 12.3. The Kier molecular flexibility index (Phi) is 6.66. The van der Waals surface area contributed by atoms with Crippen LogP contribution in [0.5, 0.6) is 0 Å². The van der Waals surface area contributed by atoms with Crippen LogP contribution in [0.3, 0.4) is 0 Å². The molecule has 0 unspecified atom stereocenters. The molecule has 1 aliphatic carbocycles. The lowest BCUT2D eigenvalue weighted by Crippen LogP contribution is -2.41. The van der Waals surface area contributed by atoms with Gasteiger partial charge in [-0.15, -0.1) is 0 Å². The fourth-order valence-corrected chi connectivity index (χ4v) is 3.43.